The lowest BCUT2D eigenvalue weighted by atomic mass is 9.96. The van der Waals surface area contributed by atoms with Crippen molar-refractivity contribution in [2.24, 2.45) is 5.92 Å². The number of Topliss-reactive ketones (excluding diaryl/α,β-unsaturated/α-hetero) is 1. The predicted octanol–water partition coefficient (Wildman–Crippen LogP) is 2.77. The Bertz CT molecular complexity index is 408. The maximum Gasteiger partial charge on any atom is 0.304 e. The summed E-state index contributed by atoms with van der Waals surface area (Å²) in [4.78, 5) is 22.4. The lowest BCUT2D eigenvalue weighted by Crippen LogP contribution is -2.15. The van der Waals surface area contributed by atoms with Gasteiger partial charge < -0.3 is 9.84 Å². The third-order valence-electron chi connectivity index (χ3n) is 2.54. The molecule has 0 heterocycles. The fourth-order valence-electron chi connectivity index (χ4n) is 1.57. The molecular formula is C14H18O4. The van der Waals surface area contributed by atoms with Crippen molar-refractivity contribution in [1.29, 1.82) is 0 Å². The predicted molar refractivity (Wildman–Crippen MR) is 68.0 cm³/mol. The lowest BCUT2D eigenvalue weighted by Gasteiger charge is -2.09. The molecule has 0 aromatic heterocycles. The Balaban J connectivity index is 2.66. The molecule has 1 rings (SSSR count). The highest BCUT2D eigenvalue weighted by Gasteiger charge is 2.18. The number of ether oxygens (including phenoxy) is 1. The molecule has 4 nitrogen and oxygen atoms in total. The van der Waals surface area contributed by atoms with Crippen molar-refractivity contribution in [3.05, 3.63) is 29.8 Å². The molecular weight excluding hydrogens is 232 g/mol. The third kappa shape index (κ3) is 4.20. The van der Waals surface area contributed by atoms with E-state index in [4.69, 9.17) is 9.84 Å². The van der Waals surface area contributed by atoms with Gasteiger partial charge in [0.1, 0.15) is 5.75 Å². The molecule has 0 saturated heterocycles. The molecule has 0 spiro atoms. The first-order valence-corrected chi connectivity index (χ1v) is 6.03. The summed E-state index contributed by atoms with van der Waals surface area (Å²) >= 11 is 0. The smallest absolute Gasteiger partial charge is 0.304 e. The van der Waals surface area contributed by atoms with Gasteiger partial charge >= 0.3 is 5.97 Å². The Morgan fingerprint density at radius 3 is 2.39 bits per heavy atom. The zero-order valence-corrected chi connectivity index (χ0v) is 10.7. The van der Waals surface area contributed by atoms with Crippen LogP contribution in [0.3, 0.4) is 0 Å². The van der Waals surface area contributed by atoms with Crippen LogP contribution in [0.2, 0.25) is 0 Å². The van der Waals surface area contributed by atoms with Crippen LogP contribution in [0.5, 0.6) is 5.75 Å². The van der Waals surface area contributed by atoms with Crippen LogP contribution in [0.15, 0.2) is 24.3 Å². The number of hydrogen-bond acceptors (Lipinski definition) is 3. The van der Waals surface area contributed by atoms with E-state index in [0.29, 0.717) is 12.2 Å². The van der Waals surface area contributed by atoms with Crippen LogP contribution in [-0.4, -0.2) is 23.5 Å². The maximum atomic E-state index is 11.9. The number of carbonyl (C=O) groups is 2. The van der Waals surface area contributed by atoms with E-state index in [1.807, 2.05) is 6.92 Å². The Morgan fingerprint density at radius 1 is 1.28 bits per heavy atom. The molecule has 1 aromatic rings. The van der Waals surface area contributed by atoms with Gasteiger partial charge in [-0.15, -0.1) is 0 Å². The Hall–Kier alpha value is -1.84. The van der Waals surface area contributed by atoms with Crippen LogP contribution in [0.25, 0.3) is 0 Å². The standard InChI is InChI=1S/C14H18O4/c1-3-8-18-12-6-4-11(5-7-12)14(17)10(2)9-13(15)16/h4-7,10H,3,8-9H2,1-2H3,(H,15,16). The van der Waals surface area contributed by atoms with Crippen molar-refractivity contribution in [2.45, 2.75) is 26.7 Å². The summed E-state index contributed by atoms with van der Waals surface area (Å²) in [5, 5.41) is 8.65. The number of carbonyl (C=O) groups excluding carboxylic acids is 1. The second kappa shape index (κ2) is 6.79. The monoisotopic (exact) mass is 250 g/mol. The van der Waals surface area contributed by atoms with Crippen LogP contribution < -0.4 is 4.74 Å². The average molecular weight is 250 g/mol. The molecule has 0 radical (unpaired) electrons. The van der Waals surface area contributed by atoms with Gasteiger partial charge in [0.05, 0.1) is 13.0 Å². The van der Waals surface area contributed by atoms with Gasteiger partial charge in [-0.2, -0.15) is 0 Å². The van der Waals surface area contributed by atoms with Gasteiger partial charge in [-0.3, -0.25) is 9.59 Å². The van der Waals surface area contributed by atoms with Gasteiger partial charge in [0.25, 0.3) is 0 Å². The van der Waals surface area contributed by atoms with Crippen molar-refractivity contribution in [2.75, 3.05) is 6.61 Å². The Labute approximate surface area is 107 Å². The first kappa shape index (κ1) is 14.2. The molecule has 0 aliphatic heterocycles. The highest BCUT2D eigenvalue weighted by atomic mass is 16.5. The normalized spacial score (nSPS) is 11.9. The summed E-state index contributed by atoms with van der Waals surface area (Å²) in [5.41, 5.74) is 0.521. The zero-order chi connectivity index (χ0) is 13.5. The van der Waals surface area contributed by atoms with Gasteiger partial charge in [0.2, 0.25) is 0 Å². The van der Waals surface area contributed by atoms with Gasteiger partial charge in [0, 0.05) is 11.5 Å². The summed E-state index contributed by atoms with van der Waals surface area (Å²) in [6, 6.07) is 6.81. The van der Waals surface area contributed by atoms with Crippen molar-refractivity contribution >= 4 is 11.8 Å². The van der Waals surface area contributed by atoms with Crippen molar-refractivity contribution in [3.63, 3.8) is 0 Å². The molecule has 0 aliphatic rings. The molecule has 1 aromatic carbocycles. The van der Waals surface area contributed by atoms with Crippen LogP contribution >= 0.6 is 0 Å². The van der Waals surface area contributed by atoms with E-state index in [2.05, 4.69) is 0 Å². The third-order valence-corrected chi connectivity index (χ3v) is 2.54. The maximum absolute atomic E-state index is 11.9. The summed E-state index contributed by atoms with van der Waals surface area (Å²) in [6.07, 6.45) is 0.781. The molecule has 0 aliphatic carbocycles. The van der Waals surface area contributed by atoms with E-state index in [-0.39, 0.29) is 12.2 Å². The first-order valence-electron chi connectivity index (χ1n) is 6.03. The van der Waals surface area contributed by atoms with Crippen LogP contribution in [-0.2, 0) is 4.79 Å². The second-order valence-electron chi connectivity index (χ2n) is 4.24. The molecule has 18 heavy (non-hydrogen) atoms. The quantitative estimate of drug-likeness (QED) is 0.756. The number of carboxylic acid groups (broad SMARTS) is 1. The minimum Gasteiger partial charge on any atom is -0.494 e. The minimum atomic E-state index is -0.959. The molecule has 1 N–H and O–H groups in total. The van der Waals surface area contributed by atoms with E-state index in [9.17, 15) is 9.59 Å². The topological polar surface area (TPSA) is 63.6 Å². The van der Waals surface area contributed by atoms with E-state index >= 15 is 0 Å². The van der Waals surface area contributed by atoms with Gasteiger partial charge in [-0.1, -0.05) is 13.8 Å². The van der Waals surface area contributed by atoms with Crippen LogP contribution in [0.4, 0.5) is 0 Å². The molecule has 0 amide bonds. The van der Waals surface area contributed by atoms with Crippen molar-refractivity contribution in [3.8, 4) is 5.75 Å². The van der Waals surface area contributed by atoms with Crippen molar-refractivity contribution < 1.29 is 19.4 Å². The number of benzene rings is 1. The molecule has 1 unspecified atom stereocenters. The fraction of sp³-hybridized carbons (Fsp3) is 0.429. The largest absolute Gasteiger partial charge is 0.494 e. The van der Waals surface area contributed by atoms with Crippen molar-refractivity contribution in [1.82, 2.24) is 0 Å². The summed E-state index contributed by atoms with van der Waals surface area (Å²) in [7, 11) is 0. The van der Waals surface area contributed by atoms with Gasteiger partial charge in [0.15, 0.2) is 5.78 Å². The SMILES string of the molecule is CCCOc1ccc(C(=O)C(C)CC(=O)O)cc1. The number of rotatable bonds is 7. The molecule has 98 valence electrons. The number of aliphatic carboxylic acids is 1. The second-order valence-corrected chi connectivity index (χ2v) is 4.24. The average Bonchev–Trinajstić information content (AvgIpc) is 2.35. The molecule has 0 fully saturated rings. The highest BCUT2D eigenvalue weighted by Crippen LogP contribution is 2.17. The van der Waals surface area contributed by atoms with E-state index in [0.717, 1.165) is 12.2 Å². The molecule has 1 atom stereocenters. The lowest BCUT2D eigenvalue weighted by molar-refractivity contribution is -0.137. The fourth-order valence-corrected chi connectivity index (χ4v) is 1.57. The summed E-state index contributed by atoms with van der Waals surface area (Å²) in [5.74, 6) is -0.901. The summed E-state index contributed by atoms with van der Waals surface area (Å²) < 4.78 is 5.41. The number of hydrogen-bond donors (Lipinski definition) is 1. The number of carboxylic acids is 1. The summed E-state index contributed by atoms with van der Waals surface area (Å²) in [6.45, 7) is 4.28. The number of ketones is 1. The highest BCUT2D eigenvalue weighted by molar-refractivity contribution is 5.99. The minimum absolute atomic E-state index is 0.146. The molecule has 0 saturated carbocycles. The zero-order valence-electron chi connectivity index (χ0n) is 10.7. The molecule has 0 bridgehead atoms. The van der Waals surface area contributed by atoms with Gasteiger partial charge in [-0.25, -0.2) is 0 Å². The van der Waals surface area contributed by atoms with Crippen LogP contribution in [0.1, 0.15) is 37.0 Å². The van der Waals surface area contributed by atoms with E-state index < -0.39 is 11.9 Å². The van der Waals surface area contributed by atoms with E-state index in [1.165, 1.54) is 0 Å². The Kier molecular flexibility index (Phi) is 5.36. The van der Waals surface area contributed by atoms with Gasteiger partial charge in [-0.05, 0) is 30.7 Å². The molecule has 4 heteroatoms. The van der Waals surface area contributed by atoms with Crippen LogP contribution in [0, 0.1) is 5.92 Å². The Morgan fingerprint density at radius 2 is 1.89 bits per heavy atom. The van der Waals surface area contributed by atoms with E-state index in [1.54, 1.807) is 31.2 Å². The first-order chi connectivity index (χ1) is 8.54.